The summed E-state index contributed by atoms with van der Waals surface area (Å²) >= 11 is 0. The Kier molecular flexibility index (Phi) is 11.6. The van der Waals surface area contributed by atoms with E-state index in [-0.39, 0.29) is 12.2 Å². The van der Waals surface area contributed by atoms with Crippen LogP contribution in [0.25, 0.3) is 0 Å². The molecule has 24 heavy (non-hydrogen) atoms. The lowest BCUT2D eigenvalue weighted by Gasteiger charge is -2.35. The number of carbonyl (C=O) groups is 1. The topological polar surface area (TPSA) is 49.6 Å². The van der Waals surface area contributed by atoms with Crippen molar-refractivity contribution in [3.05, 3.63) is 12.3 Å². The minimum atomic E-state index is -0.256. The van der Waals surface area contributed by atoms with Crippen LogP contribution in [0.15, 0.2) is 12.3 Å². The van der Waals surface area contributed by atoms with Crippen LogP contribution in [0.3, 0.4) is 0 Å². The Morgan fingerprint density at radius 1 is 0.833 bits per heavy atom. The summed E-state index contributed by atoms with van der Waals surface area (Å²) in [5.41, 5.74) is 6.10. The van der Waals surface area contributed by atoms with Gasteiger partial charge in [0.15, 0.2) is 0 Å². The molecule has 4 nitrogen and oxygen atoms in total. The first-order valence-electron chi connectivity index (χ1n) is 10.2. The van der Waals surface area contributed by atoms with Crippen molar-refractivity contribution in [2.75, 3.05) is 13.1 Å². The Labute approximate surface area is 149 Å². The fourth-order valence-electron chi connectivity index (χ4n) is 3.19. The van der Waals surface area contributed by atoms with Crippen LogP contribution in [0.2, 0.25) is 0 Å². The number of rotatable bonds is 14. The van der Waals surface area contributed by atoms with Gasteiger partial charge in [0.05, 0.1) is 0 Å². The SMILES string of the molecule is CCCCCCCCN1C=CC(N)N(CCCCCCCC)C1=O. The van der Waals surface area contributed by atoms with Gasteiger partial charge in [0, 0.05) is 19.3 Å². The lowest BCUT2D eigenvalue weighted by atomic mass is 10.1. The van der Waals surface area contributed by atoms with Crippen molar-refractivity contribution >= 4 is 6.03 Å². The average molecular weight is 338 g/mol. The van der Waals surface area contributed by atoms with Crippen molar-refractivity contribution in [2.45, 2.75) is 97.1 Å². The van der Waals surface area contributed by atoms with E-state index < -0.39 is 0 Å². The number of hydrogen-bond acceptors (Lipinski definition) is 2. The summed E-state index contributed by atoms with van der Waals surface area (Å²) in [7, 11) is 0. The third-order valence-corrected chi connectivity index (χ3v) is 4.82. The Balaban J connectivity index is 2.24. The first-order valence-corrected chi connectivity index (χ1v) is 10.2. The maximum Gasteiger partial charge on any atom is 0.325 e. The molecule has 2 amide bonds. The average Bonchev–Trinajstić information content (AvgIpc) is 2.58. The molecule has 0 bridgehead atoms. The highest BCUT2D eigenvalue weighted by Crippen LogP contribution is 2.15. The van der Waals surface area contributed by atoms with Gasteiger partial charge in [0.1, 0.15) is 6.17 Å². The number of nitrogens with zero attached hydrogens (tertiary/aromatic N) is 2. The molecule has 1 aliphatic heterocycles. The van der Waals surface area contributed by atoms with Gasteiger partial charge in [-0.25, -0.2) is 4.79 Å². The molecular weight excluding hydrogens is 298 g/mol. The second-order valence-electron chi connectivity index (χ2n) is 7.04. The highest BCUT2D eigenvalue weighted by atomic mass is 16.2. The number of amides is 2. The van der Waals surface area contributed by atoms with Crippen molar-refractivity contribution in [3.8, 4) is 0 Å². The van der Waals surface area contributed by atoms with E-state index in [1.807, 2.05) is 22.1 Å². The molecule has 1 aliphatic rings. The number of urea groups is 1. The fourth-order valence-corrected chi connectivity index (χ4v) is 3.19. The monoisotopic (exact) mass is 337 g/mol. The molecule has 140 valence electrons. The molecule has 0 fully saturated rings. The molecule has 1 atom stereocenters. The van der Waals surface area contributed by atoms with Crippen LogP contribution in [0.5, 0.6) is 0 Å². The normalized spacial score (nSPS) is 17.8. The van der Waals surface area contributed by atoms with Gasteiger partial charge in [0.25, 0.3) is 0 Å². The number of carbonyl (C=O) groups excluding carboxylic acids is 1. The highest BCUT2D eigenvalue weighted by molar-refractivity contribution is 5.77. The third kappa shape index (κ3) is 8.18. The standard InChI is InChI=1S/C20H39N3O/c1-3-5-7-9-11-13-16-22-18-15-19(21)23(20(22)24)17-14-12-10-8-6-4-2/h15,18-19H,3-14,16-17,21H2,1-2H3. The van der Waals surface area contributed by atoms with Crippen molar-refractivity contribution in [1.82, 2.24) is 9.80 Å². The van der Waals surface area contributed by atoms with Gasteiger partial charge in [-0.15, -0.1) is 0 Å². The molecule has 2 N–H and O–H groups in total. The fraction of sp³-hybridized carbons (Fsp3) is 0.850. The summed E-state index contributed by atoms with van der Waals surface area (Å²) in [6.45, 7) is 6.07. The molecule has 0 aliphatic carbocycles. The van der Waals surface area contributed by atoms with Crippen LogP contribution >= 0.6 is 0 Å². The largest absolute Gasteiger partial charge is 0.325 e. The maximum absolute atomic E-state index is 12.6. The van der Waals surface area contributed by atoms with Crippen LogP contribution in [0.1, 0.15) is 90.9 Å². The second-order valence-corrected chi connectivity index (χ2v) is 7.04. The molecule has 0 aromatic rings. The Morgan fingerprint density at radius 3 is 1.92 bits per heavy atom. The molecule has 4 heteroatoms. The predicted octanol–water partition coefficient (Wildman–Crippen LogP) is 5.24. The minimum absolute atomic E-state index is 0.0899. The summed E-state index contributed by atoms with van der Waals surface area (Å²) in [4.78, 5) is 16.3. The highest BCUT2D eigenvalue weighted by Gasteiger charge is 2.26. The molecular formula is C20H39N3O. The third-order valence-electron chi connectivity index (χ3n) is 4.82. The lowest BCUT2D eigenvalue weighted by molar-refractivity contribution is 0.148. The van der Waals surface area contributed by atoms with Crippen LogP contribution in [0.4, 0.5) is 4.79 Å². The first kappa shape index (κ1) is 21.0. The van der Waals surface area contributed by atoms with Crippen molar-refractivity contribution in [1.29, 1.82) is 0 Å². The molecule has 0 aromatic carbocycles. The zero-order valence-corrected chi connectivity index (χ0v) is 16.0. The van der Waals surface area contributed by atoms with E-state index >= 15 is 0 Å². The van der Waals surface area contributed by atoms with E-state index in [1.165, 1.54) is 64.2 Å². The summed E-state index contributed by atoms with van der Waals surface area (Å²) in [6, 6.07) is 0.0899. The maximum atomic E-state index is 12.6. The lowest BCUT2D eigenvalue weighted by Crippen LogP contribution is -2.53. The van der Waals surface area contributed by atoms with Gasteiger partial charge < -0.3 is 15.5 Å². The predicted molar refractivity (Wildman–Crippen MR) is 103 cm³/mol. The summed E-state index contributed by atoms with van der Waals surface area (Å²) < 4.78 is 0. The van der Waals surface area contributed by atoms with E-state index in [4.69, 9.17) is 5.73 Å². The number of unbranched alkanes of at least 4 members (excludes halogenated alkanes) is 10. The Hall–Kier alpha value is -1.03. The molecule has 0 saturated carbocycles. The van der Waals surface area contributed by atoms with Gasteiger partial charge in [-0.05, 0) is 18.9 Å². The van der Waals surface area contributed by atoms with E-state index in [0.29, 0.717) is 0 Å². The zero-order valence-electron chi connectivity index (χ0n) is 16.0. The minimum Gasteiger partial charge on any atom is -0.308 e. The smallest absolute Gasteiger partial charge is 0.308 e. The van der Waals surface area contributed by atoms with Crippen molar-refractivity contribution < 1.29 is 4.79 Å². The molecule has 1 unspecified atom stereocenters. The van der Waals surface area contributed by atoms with E-state index in [1.54, 1.807) is 0 Å². The Bertz CT molecular complexity index is 357. The van der Waals surface area contributed by atoms with E-state index in [2.05, 4.69) is 13.8 Å². The number of hydrogen-bond donors (Lipinski definition) is 1. The first-order chi connectivity index (χ1) is 11.7. The van der Waals surface area contributed by atoms with Gasteiger partial charge in [-0.3, -0.25) is 0 Å². The van der Waals surface area contributed by atoms with Gasteiger partial charge >= 0.3 is 6.03 Å². The van der Waals surface area contributed by atoms with Crippen LogP contribution in [-0.4, -0.2) is 35.1 Å². The summed E-state index contributed by atoms with van der Waals surface area (Å²) in [6.07, 6.45) is 18.5. The van der Waals surface area contributed by atoms with Gasteiger partial charge in [0.2, 0.25) is 0 Å². The van der Waals surface area contributed by atoms with Gasteiger partial charge in [-0.2, -0.15) is 0 Å². The Morgan fingerprint density at radius 2 is 1.33 bits per heavy atom. The quantitative estimate of drug-likeness (QED) is 0.440. The van der Waals surface area contributed by atoms with E-state index in [0.717, 1.165) is 25.9 Å². The molecule has 0 radical (unpaired) electrons. The molecule has 0 aromatic heterocycles. The summed E-state index contributed by atoms with van der Waals surface area (Å²) in [5.74, 6) is 0. The molecule has 0 saturated heterocycles. The molecule has 1 rings (SSSR count). The van der Waals surface area contributed by atoms with E-state index in [9.17, 15) is 4.79 Å². The summed E-state index contributed by atoms with van der Waals surface area (Å²) in [5, 5.41) is 0. The zero-order chi connectivity index (χ0) is 17.6. The van der Waals surface area contributed by atoms with Crippen molar-refractivity contribution in [3.63, 3.8) is 0 Å². The molecule has 1 heterocycles. The van der Waals surface area contributed by atoms with Crippen LogP contribution in [0, 0.1) is 0 Å². The van der Waals surface area contributed by atoms with Crippen molar-refractivity contribution in [2.24, 2.45) is 5.73 Å². The number of nitrogens with two attached hydrogens (primary N) is 1. The van der Waals surface area contributed by atoms with Crippen LogP contribution < -0.4 is 5.73 Å². The molecule has 0 spiro atoms. The second kappa shape index (κ2) is 13.3. The van der Waals surface area contributed by atoms with Gasteiger partial charge in [-0.1, -0.05) is 78.1 Å². The van der Waals surface area contributed by atoms with Crippen LogP contribution in [-0.2, 0) is 0 Å².